The number of carbonyl (C=O) groups excluding carboxylic acids is 1. The molecule has 0 unspecified atom stereocenters. The van der Waals surface area contributed by atoms with Crippen LogP contribution in [0.25, 0.3) is 0 Å². The summed E-state index contributed by atoms with van der Waals surface area (Å²) in [6, 6.07) is 19.1. The van der Waals surface area contributed by atoms with Gasteiger partial charge in [0.15, 0.2) is 0 Å². The molecule has 3 rings (SSSR count). The van der Waals surface area contributed by atoms with Gasteiger partial charge in [0.25, 0.3) is 5.91 Å². The molecule has 2 aromatic carbocycles. The third-order valence-corrected chi connectivity index (χ3v) is 4.13. The van der Waals surface area contributed by atoms with Crippen LogP contribution in [0.3, 0.4) is 0 Å². The third-order valence-electron chi connectivity index (χ3n) is 4.13. The normalized spacial score (nSPS) is 10.4. The van der Waals surface area contributed by atoms with Crippen molar-refractivity contribution >= 4 is 17.4 Å². The highest BCUT2D eigenvalue weighted by Gasteiger charge is 2.13. The van der Waals surface area contributed by atoms with E-state index < -0.39 is 0 Å². The molecule has 0 atom stereocenters. The van der Waals surface area contributed by atoms with Gasteiger partial charge < -0.3 is 15.0 Å². The Balaban J connectivity index is 1.73. The van der Waals surface area contributed by atoms with Crippen LogP contribution in [0.15, 0.2) is 60.7 Å². The minimum atomic E-state index is -0.274. The largest absolute Gasteiger partial charge is 0.494 e. The predicted molar refractivity (Wildman–Crippen MR) is 111 cm³/mol. The molecular weight excluding hydrogens is 352 g/mol. The van der Waals surface area contributed by atoms with Crippen LogP contribution in [0.5, 0.6) is 5.75 Å². The zero-order valence-corrected chi connectivity index (χ0v) is 16.3. The highest BCUT2D eigenvalue weighted by molar-refractivity contribution is 6.03. The Kier molecular flexibility index (Phi) is 6.22. The molecule has 0 aliphatic heterocycles. The standard InChI is InChI=1S/C22H24N4O2/c1-4-28-19-12-10-18(11-13-19)25-22(27)20-14-21(24-16(2)23-20)26(3)15-17-8-6-5-7-9-17/h5-14H,4,15H2,1-3H3,(H,25,27). The molecule has 0 aliphatic carbocycles. The first kappa shape index (κ1) is 19.4. The summed E-state index contributed by atoms with van der Waals surface area (Å²) in [5.41, 5.74) is 2.18. The molecule has 0 saturated carbocycles. The van der Waals surface area contributed by atoms with E-state index in [9.17, 15) is 4.79 Å². The van der Waals surface area contributed by atoms with Gasteiger partial charge in [0.1, 0.15) is 23.1 Å². The quantitative estimate of drug-likeness (QED) is 0.673. The maximum absolute atomic E-state index is 12.7. The van der Waals surface area contributed by atoms with E-state index in [0.29, 0.717) is 36.2 Å². The predicted octanol–water partition coefficient (Wildman–Crippen LogP) is 4.07. The number of anilines is 2. The average Bonchev–Trinajstić information content (AvgIpc) is 2.70. The molecule has 6 heteroatoms. The summed E-state index contributed by atoms with van der Waals surface area (Å²) in [6.45, 7) is 5.01. The first-order valence-corrected chi connectivity index (χ1v) is 9.20. The average molecular weight is 376 g/mol. The van der Waals surface area contributed by atoms with E-state index >= 15 is 0 Å². The molecule has 1 heterocycles. The van der Waals surface area contributed by atoms with E-state index in [0.717, 1.165) is 5.75 Å². The highest BCUT2D eigenvalue weighted by atomic mass is 16.5. The summed E-state index contributed by atoms with van der Waals surface area (Å²) in [4.78, 5) is 23.4. The molecule has 0 spiro atoms. The SMILES string of the molecule is CCOc1ccc(NC(=O)c2cc(N(C)Cc3ccccc3)nc(C)n2)cc1. The number of hydrogen-bond acceptors (Lipinski definition) is 5. The maximum atomic E-state index is 12.7. The number of nitrogens with zero attached hydrogens (tertiary/aromatic N) is 3. The van der Waals surface area contributed by atoms with E-state index in [1.165, 1.54) is 5.56 Å². The van der Waals surface area contributed by atoms with E-state index in [1.807, 2.05) is 49.2 Å². The molecule has 0 fully saturated rings. The van der Waals surface area contributed by atoms with Crippen LogP contribution in [0, 0.1) is 6.92 Å². The van der Waals surface area contributed by atoms with Crippen molar-refractivity contribution in [2.75, 3.05) is 23.9 Å². The number of carbonyl (C=O) groups is 1. The van der Waals surface area contributed by atoms with Crippen molar-refractivity contribution in [2.24, 2.45) is 0 Å². The third kappa shape index (κ3) is 5.07. The molecule has 144 valence electrons. The number of amides is 1. The lowest BCUT2D eigenvalue weighted by atomic mass is 10.2. The molecule has 0 aliphatic rings. The van der Waals surface area contributed by atoms with Crippen molar-refractivity contribution in [3.05, 3.63) is 77.7 Å². The molecule has 1 N–H and O–H groups in total. The molecule has 28 heavy (non-hydrogen) atoms. The Hall–Kier alpha value is -3.41. The molecule has 3 aromatic rings. The van der Waals surface area contributed by atoms with E-state index in [1.54, 1.807) is 25.1 Å². The summed E-state index contributed by atoms with van der Waals surface area (Å²) in [7, 11) is 1.95. The molecule has 1 amide bonds. The first-order chi connectivity index (χ1) is 13.5. The van der Waals surface area contributed by atoms with Gasteiger partial charge in [-0.15, -0.1) is 0 Å². The van der Waals surface area contributed by atoms with Gasteiger partial charge in [0.2, 0.25) is 0 Å². The minimum Gasteiger partial charge on any atom is -0.494 e. The second-order valence-electron chi connectivity index (χ2n) is 6.41. The van der Waals surface area contributed by atoms with Crippen molar-refractivity contribution < 1.29 is 9.53 Å². The van der Waals surface area contributed by atoms with E-state index in [2.05, 4.69) is 27.4 Å². The van der Waals surface area contributed by atoms with Gasteiger partial charge in [-0.25, -0.2) is 9.97 Å². The second-order valence-corrected chi connectivity index (χ2v) is 6.41. The van der Waals surface area contributed by atoms with Crippen LogP contribution in [-0.4, -0.2) is 29.5 Å². The number of aromatic nitrogens is 2. The molecule has 6 nitrogen and oxygen atoms in total. The van der Waals surface area contributed by atoms with Crippen molar-refractivity contribution in [2.45, 2.75) is 20.4 Å². The molecule has 0 radical (unpaired) electrons. The summed E-state index contributed by atoms with van der Waals surface area (Å²) >= 11 is 0. The zero-order chi connectivity index (χ0) is 19.9. The van der Waals surface area contributed by atoms with Crippen LogP contribution in [0.2, 0.25) is 0 Å². The van der Waals surface area contributed by atoms with Gasteiger partial charge in [0.05, 0.1) is 6.61 Å². The van der Waals surface area contributed by atoms with Gasteiger partial charge in [-0.05, 0) is 43.7 Å². The smallest absolute Gasteiger partial charge is 0.274 e. The Bertz CT molecular complexity index is 927. The number of ether oxygens (including phenoxy) is 1. The van der Waals surface area contributed by atoms with Gasteiger partial charge in [0, 0.05) is 25.3 Å². The fourth-order valence-corrected chi connectivity index (χ4v) is 2.80. The number of rotatable bonds is 7. The van der Waals surface area contributed by atoms with Crippen molar-refractivity contribution in [1.29, 1.82) is 0 Å². The van der Waals surface area contributed by atoms with Crippen LogP contribution < -0.4 is 15.0 Å². The Morgan fingerprint density at radius 1 is 1.07 bits per heavy atom. The molecular formula is C22H24N4O2. The molecule has 1 aromatic heterocycles. The lowest BCUT2D eigenvalue weighted by Gasteiger charge is -2.19. The number of hydrogen-bond donors (Lipinski definition) is 1. The van der Waals surface area contributed by atoms with Crippen LogP contribution in [0.4, 0.5) is 11.5 Å². The Labute approximate surface area is 165 Å². The monoisotopic (exact) mass is 376 g/mol. The molecule has 0 saturated heterocycles. The van der Waals surface area contributed by atoms with E-state index in [-0.39, 0.29) is 5.91 Å². The summed E-state index contributed by atoms with van der Waals surface area (Å²) < 4.78 is 5.42. The van der Waals surface area contributed by atoms with Crippen molar-refractivity contribution in [1.82, 2.24) is 9.97 Å². The van der Waals surface area contributed by atoms with Crippen molar-refractivity contribution in [3.63, 3.8) is 0 Å². The van der Waals surface area contributed by atoms with Gasteiger partial charge >= 0.3 is 0 Å². The fourth-order valence-electron chi connectivity index (χ4n) is 2.80. The lowest BCUT2D eigenvalue weighted by molar-refractivity contribution is 0.102. The minimum absolute atomic E-state index is 0.274. The highest BCUT2D eigenvalue weighted by Crippen LogP contribution is 2.18. The summed E-state index contributed by atoms with van der Waals surface area (Å²) in [5.74, 6) is 1.75. The van der Waals surface area contributed by atoms with Gasteiger partial charge in [-0.1, -0.05) is 30.3 Å². The van der Waals surface area contributed by atoms with Crippen LogP contribution in [-0.2, 0) is 6.54 Å². The fraction of sp³-hybridized carbons (Fsp3) is 0.227. The summed E-state index contributed by atoms with van der Waals surface area (Å²) in [5, 5.41) is 2.87. The van der Waals surface area contributed by atoms with Crippen molar-refractivity contribution in [3.8, 4) is 5.75 Å². The molecule has 0 bridgehead atoms. The number of aryl methyl sites for hydroxylation is 1. The van der Waals surface area contributed by atoms with Gasteiger partial charge in [-0.2, -0.15) is 0 Å². The number of nitrogens with one attached hydrogen (secondary N) is 1. The second kappa shape index (κ2) is 8.99. The number of benzene rings is 2. The summed E-state index contributed by atoms with van der Waals surface area (Å²) in [6.07, 6.45) is 0. The topological polar surface area (TPSA) is 67.3 Å². The maximum Gasteiger partial charge on any atom is 0.274 e. The van der Waals surface area contributed by atoms with E-state index in [4.69, 9.17) is 4.74 Å². The first-order valence-electron chi connectivity index (χ1n) is 9.20. The van der Waals surface area contributed by atoms with Gasteiger partial charge in [-0.3, -0.25) is 4.79 Å². The van der Waals surface area contributed by atoms with Crippen LogP contribution >= 0.6 is 0 Å². The van der Waals surface area contributed by atoms with Crippen LogP contribution in [0.1, 0.15) is 28.8 Å². The Morgan fingerprint density at radius 3 is 2.46 bits per heavy atom. The zero-order valence-electron chi connectivity index (χ0n) is 16.3. The lowest BCUT2D eigenvalue weighted by Crippen LogP contribution is -2.21. The Morgan fingerprint density at radius 2 is 1.79 bits per heavy atom.